The maximum Gasteiger partial charge on any atom is 0.255 e. The predicted octanol–water partition coefficient (Wildman–Crippen LogP) is 1.41. The van der Waals surface area contributed by atoms with Crippen LogP contribution in [0.15, 0.2) is 17.0 Å². The van der Waals surface area contributed by atoms with E-state index in [4.69, 9.17) is 4.52 Å². The second-order valence-electron chi connectivity index (χ2n) is 6.21. The van der Waals surface area contributed by atoms with Gasteiger partial charge < -0.3 is 9.84 Å². The molecular weight excluding hydrogens is 324 g/mol. The van der Waals surface area contributed by atoms with Crippen molar-refractivity contribution < 1.29 is 9.32 Å². The summed E-state index contributed by atoms with van der Waals surface area (Å²) in [5.74, 6) is 1.13. The number of carbonyl (C=O) groups excluding carboxylic acids is 1. The van der Waals surface area contributed by atoms with Gasteiger partial charge in [-0.1, -0.05) is 19.0 Å². The average molecular weight is 344 g/mol. The Morgan fingerprint density at radius 1 is 1.44 bits per heavy atom. The molecule has 3 heterocycles. The highest BCUT2D eigenvalue weighted by Gasteiger charge is 2.25. The number of hydrogen-bond donors (Lipinski definition) is 2. The van der Waals surface area contributed by atoms with Crippen molar-refractivity contribution in [2.75, 3.05) is 0 Å². The van der Waals surface area contributed by atoms with Gasteiger partial charge in [0.15, 0.2) is 5.82 Å². The zero-order valence-electron chi connectivity index (χ0n) is 14.5. The lowest BCUT2D eigenvalue weighted by molar-refractivity contribution is 0.0921. The van der Waals surface area contributed by atoms with Gasteiger partial charge in [-0.15, -0.1) is 0 Å². The number of nitrogens with zero attached hydrogens (tertiary/aromatic N) is 6. The third kappa shape index (κ3) is 3.57. The minimum atomic E-state index is -0.406. The maximum absolute atomic E-state index is 12.6. The van der Waals surface area contributed by atoms with Crippen LogP contribution in [-0.4, -0.2) is 41.0 Å². The normalized spacial score (nSPS) is 12.5. The van der Waals surface area contributed by atoms with Crippen LogP contribution in [0, 0.1) is 12.8 Å². The lowest BCUT2D eigenvalue weighted by Crippen LogP contribution is -2.30. The Balaban J connectivity index is 1.82. The highest BCUT2D eigenvalue weighted by atomic mass is 16.5. The highest BCUT2D eigenvalue weighted by molar-refractivity contribution is 5.95. The number of H-pyrrole nitrogens is 1. The Morgan fingerprint density at radius 3 is 2.84 bits per heavy atom. The summed E-state index contributed by atoms with van der Waals surface area (Å²) in [6.45, 7) is 5.96. The molecule has 0 unspecified atom stereocenters. The fourth-order valence-corrected chi connectivity index (χ4v) is 2.44. The smallest absolute Gasteiger partial charge is 0.255 e. The molecule has 1 atom stereocenters. The number of rotatable bonds is 6. The molecule has 0 fully saturated rings. The summed E-state index contributed by atoms with van der Waals surface area (Å²) in [6, 6.07) is -0.406. The van der Waals surface area contributed by atoms with Crippen molar-refractivity contribution in [2.45, 2.75) is 33.2 Å². The monoisotopic (exact) mass is 344 g/mol. The first-order valence-corrected chi connectivity index (χ1v) is 7.94. The van der Waals surface area contributed by atoms with Crippen molar-refractivity contribution in [3.63, 3.8) is 0 Å². The number of hydrogen-bond acceptors (Lipinski definition) is 7. The molecule has 0 aromatic carbocycles. The van der Waals surface area contributed by atoms with E-state index in [1.807, 2.05) is 6.92 Å². The van der Waals surface area contributed by atoms with E-state index in [1.54, 1.807) is 17.9 Å². The summed E-state index contributed by atoms with van der Waals surface area (Å²) in [6.07, 6.45) is 3.57. The van der Waals surface area contributed by atoms with E-state index < -0.39 is 6.04 Å². The molecule has 0 saturated carbocycles. The molecule has 2 N–H and O–H groups in total. The Bertz CT molecular complexity index is 849. The van der Waals surface area contributed by atoms with Crippen molar-refractivity contribution in [3.8, 4) is 11.6 Å². The van der Waals surface area contributed by atoms with Gasteiger partial charge in [0.25, 0.3) is 5.91 Å². The van der Waals surface area contributed by atoms with E-state index in [9.17, 15) is 4.79 Å². The van der Waals surface area contributed by atoms with E-state index in [0.717, 1.165) is 5.69 Å². The molecule has 1 amide bonds. The highest BCUT2D eigenvalue weighted by Crippen LogP contribution is 2.22. The van der Waals surface area contributed by atoms with Gasteiger partial charge in [0, 0.05) is 12.7 Å². The molecule has 25 heavy (non-hydrogen) atoms. The molecule has 10 heteroatoms. The van der Waals surface area contributed by atoms with Crippen molar-refractivity contribution in [3.05, 3.63) is 29.7 Å². The molecule has 0 saturated heterocycles. The molecule has 0 spiro atoms. The van der Waals surface area contributed by atoms with Gasteiger partial charge in [0.2, 0.25) is 11.7 Å². The Morgan fingerprint density at radius 2 is 2.24 bits per heavy atom. The molecule has 0 aliphatic heterocycles. The molecule has 132 valence electrons. The molecule has 3 rings (SSSR count). The summed E-state index contributed by atoms with van der Waals surface area (Å²) in [5.41, 5.74) is 1.31. The Labute approximate surface area is 144 Å². The van der Waals surface area contributed by atoms with E-state index >= 15 is 0 Å². The minimum Gasteiger partial charge on any atom is -0.340 e. The van der Waals surface area contributed by atoms with Crippen LogP contribution < -0.4 is 5.32 Å². The largest absolute Gasteiger partial charge is 0.340 e. The first-order chi connectivity index (χ1) is 12.0. The molecule has 10 nitrogen and oxygen atoms in total. The second kappa shape index (κ2) is 6.83. The Hall–Kier alpha value is -3.04. The number of aromatic amines is 1. The summed E-state index contributed by atoms with van der Waals surface area (Å²) in [4.78, 5) is 20.9. The van der Waals surface area contributed by atoms with Crippen LogP contribution in [0.5, 0.6) is 0 Å². The Kier molecular flexibility index (Phi) is 4.59. The summed E-state index contributed by atoms with van der Waals surface area (Å²) in [5, 5.41) is 17.4. The van der Waals surface area contributed by atoms with Crippen LogP contribution in [0.3, 0.4) is 0 Å². The average Bonchev–Trinajstić information content (AvgIpc) is 3.28. The van der Waals surface area contributed by atoms with Gasteiger partial charge in [-0.2, -0.15) is 15.2 Å². The molecule has 0 radical (unpaired) electrons. The first kappa shape index (κ1) is 16.8. The lowest BCUT2D eigenvalue weighted by Gasteiger charge is -2.16. The number of amides is 1. The van der Waals surface area contributed by atoms with Gasteiger partial charge in [-0.05, 0) is 19.3 Å². The van der Waals surface area contributed by atoms with Gasteiger partial charge >= 0.3 is 0 Å². The van der Waals surface area contributed by atoms with Crippen LogP contribution in [0.25, 0.3) is 11.6 Å². The third-order valence-corrected chi connectivity index (χ3v) is 3.86. The van der Waals surface area contributed by atoms with Crippen LogP contribution in [0.2, 0.25) is 0 Å². The second-order valence-corrected chi connectivity index (χ2v) is 6.21. The van der Waals surface area contributed by atoms with Crippen LogP contribution in [-0.2, 0) is 7.05 Å². The van der Waals surface area contributed by atoms with Crippen molar-refractivity contribution in [2.24, 2.45) is 13.0 Å². The number of nitrogens with one attached hydrogen (secondary N) is 2. The number of aromatic nitrogens is 7. The van der Waals surface area contributed by atoms with Crippen LogP contribution >= 0.6 is 0 Å². The molecule has 3 aromatic heterocycles. The zero-order chi connectivity index (χ0) is 18.0. The molecule has 3 aromatic rings. The molecular formula is C15H20N8O2. The maximum atomic E-state index is 12.6. The molecule has 0 aliphatic carbocycles. The predicted molar refractivity (Wildman–Crippen MR) is 87.3 cm³/mol. The van der Waals surface area contributed by atoms with Gasteiger partial charge in [-0.3, -0.25) is 14.6 Å². The third-order valence-electron chi connectivity index (χ3n) is 3.86. The summed E-state index contributed by atoms with van der Waals surface area (Å²) in [7, 11) is 1.79. The van der Waals surface area contributed by atoms with Crippen LogP contribution in [0.4, 0.5) is 0 Å². The molecule has 0 bridgehead atoms. The van der Waals surface area contributed by atoms with Gasteiger partial charge in [-0.25, -0.2) is 4.98 Å². The number of carbonyl (C=O) groups is 1. The standard InChI is InChI=1S/C15H20N8O2/c1-8(2)5-11(19-14(24)10-6-18-23(4)9(10)3)15-20-13(22-25-15)12-16-7-17-21-12/h6-8,11H,5H2,1-4H3,(H,19,24)(H,16,17,21)/t11-/m0/s1. The fraction of sp³-hybridized carbons (Fsp3) is 0.467. The summed E-state index contributed by atoms with van der Waals surface area (Å²) < 4.78 is 6.99. The van der Waals surface area contributed by atoms with Crippen molar-refractivity contribution >= 4 is 5.91 Å². The van der Waals surface area contributed by atoms with E-state index in [2.05, 4.69) is 49.6 Å². The van der Waals surface area contributed by atoms with Crippen molar-refractivity contribution in [1.29, 1.82) is 0 Å². The zero-order valence-corrected chi connectivity index (χ0v) is 14.5. The SMILES string of the molecule is Cc1c(C(=O)N[C@@H](CC(C)C)c2nc(-c3ncn[nH]3)no2)cnn1C. The van der Waals surface area contributed by atoms with E-state index in [-0.39, 0.29) is 5.91 Å². The quantitative estimate of drug-likeness (QED) is 0.692. The van der Waals surface area contributed by atoms with E-state index in [1.165, 1.54) is 6.33 Å². The minimum absolute atomic E-state index is 0.226. The summed E-state index contributed by atoms with van der Waals surface area (Å²) >= 11 is 0. The van der Waals surface area contributed by atoms with Gasteiger partial charge in [0.05, 0.1) is 11.8 Å². The molecule has 0 aliphatic rings. The van der Waals surface area contributed by atoms with E-state index in [0.29, 0.717) is 35.4 Å². The lowest BCUT2D eigenvalue weighted by atomic mass is 10.0. The van der Waals surface area contributed by atoms with Crippen LogP contribution in [0.1, 0.15) is 48.3 Å². The fourth-order valence-electron chi connectivity index (χ4n) is 2.44. The topological polar surface area (TPSA) is 127 Å². The number of aryl methyl sites for hydroxylation is 1. The van der Waals surface area contributed by atoms with Crippen molar-refractivity contribution in [1.82, 2.24) is 40.4 Å². The first-order valence-electron chi connectivity index (χ1n) is 7.94. The van der Waals surface area contributed by atoms with Gasteiger partial charge in [0.1, 0.15) is 12.4 Å².